The Morgan fingerprint density at radius 3 is 2.33 bits per heavy atom. The van der Waals surface area contributed by atoms with Crippen molar-refractivity contribution in [3.63, 3.8) is 0 Å². The van der Waals surface area contributed by atoms with Crippen LogP contribution in [0.2, 0.25) is 0 Å². The highest BCUT2D eigenvalue weighted by Crippen LogP contribution is 2.40. The van der Waals surface area contributed by atoms with Crippen LogP contribution in [0.25, 0.3) is 11.1 Å². The number of rotatable bonds is 6. The van der Waals surface area contributed by atoms with Gasteiger partial charge in [-0.2, -0.15) is 13.2 Å². The Bertz CT molecular complexity index is 1660. The Labute approximate surface area is 243 Å². The van der Waals surface area contributed by atoms with Crippen LogP contribution in [0.1, 0.15) is 47.2 Å². The summed E-state index contributed by atoms with van der Waals surface area (Å²) in [7, 11) is 1.66. The monoisotopic (exact) mass is 574 g/mol. The van der Waals surface area contributed by atoms with Gasteiger partial charge in [-0.15, -0.1) is 6.42 Å². The predicted octanol–water partition coefficient (Wildman–Crippen LogP) is 9.08. The summed E-state index contributed by atoms with van der Waals surface area (Å²) >= 11 is 0. The summed E-state index contributed by atoms with van der Waals surface area (Å²) in [4.78, 5) is 8.88. The van der Waals surface area contributed by atoms with E-state index in [4.69, 9.17) is 11.4 Å². The molecule has 2 nitrogen and oxygen atoms in total. The number of nitrogens with zero attached hydrogens (tertiary/aromatic N) is 2. The third-order valence-corrected chi connectivity index (χ3v) is 7.32. The fourth-order valence-electron chi connectivity index (χ4n) is 5.51. The highest BCUT2D eigenvalue weighted by atomic mass is 19.4. The first-order chi connectivity index (χ1) is 19.8. The average Bonchev–Trinajstić information content (AvgIpc) is 2.91. The average molecular weight is 575 g/mol. The van der Waals surface area contributed by atoms with Crippen molar-refractivity contribution in [3.8, 4) is 23.5 Å². The van der Waals surface area contributed by atoms with Crippen LogP contribution in [-0.2, 0) is 12.6 Å². The van der Waals surface area contributed by atoms with Crippen molar-refractivity contribution >= 4 is 11.9 Å². The molecular weight excluding hydrogens is 543 g/mol. The van der Waals surface area contributed by atoms with Crippen LogP contribution < -0.4 is 0 Å². The standard InChI is InChI=1S/C35H31F5N2/c1-7-24-11-12-26(29(18-24)35(38,39)40)33-22(4)15-25(16-23(33)5)13-20(2)14-31-28(19-41-6)21(3)17-32(42-31)27-9-8-10-30(36)34(27)37/h1,8-12,14-20,28H,13H2,2-6H3/b31-14+,41-19?. The van der Waals surface area contributed by atoms with Crippen molar-refractivity contribution in [2.75, 3.05) is 7.05 Å². The van der Waals surface area contributed by atoms with E-state index in [2.05, 4.69) is 10.9 Å². The summed E-state index contributed by atoms with van der Waals surface area (Å²) < 4.78 is 70.4. The lowest BCUT2D eigenvalue weighted by Gasteiger charge is -2.22. The molecule has 7 heteroatoms. The minimum absolute atomic E-state index is 0.0358. The molecule has 1 heterocycles. The second kappa shape index (κ2) is 12.3. The van der Waals surface area contributed by atoms with Crippen LogP contribution in [-0.4, -0.2) is 19.0 Å². The van der Waals surface area contributed by atoms with Gasteiger partial charge in [0.15, 0.2) is 11.6 Å². The largest absolute Gasteiger partial charge is 0.417 e. The first-order valence-corrected chi connectivity index (χ1v) is 13.5. The number of hydrogen-bond donors (Lipinski definition) is 0. The van der Waals surface area contributed by atoms with E-state index in [9.17, 15) is 22.0 Å². The number of allylic oxidation sites excluding steroid dienone is 3. The minimum atomic E-state index is -4.56. The molecule has 2 atom stereocenters. The smallest absolute Gasteiger partial charge is 0.300 e. The zero-order valence-corrected chi connectivity index (χ0v) is 24.1. The molecule has 0 aromatic heterocycles. The Morgan fingerprint density at radius 1 is 1.02 bits per heavy atom. The SMILES string of the molecule is C#Cc1ccc(-c2c(C)cc(CC(C)/C=C3/N=C(c4cccc(F)c4F)C=C(C)C3C=NC)cc2C)c(C(F)(F)F)c1. The number of halogens is 5. The molecule has 0 amide bonds. The van der Waals surface area contributed by atoms with Gasteiger partial charge in [0.25, 0.3) is 0 Å². The molecule has 42 heavy (non-hydrogen) atoms. The summed E-state index contributed by atoms with van der Waals surface area (Å²) in [5.74, 6) is 0.120. The third kappa shape index (κ3) is 6.44. The van der Waals surface area contributed by atoms with Crippen LogP contribution in [0.5, 0.6) is 0 Å². The number of hydrogen-bond acceptors (Lipinski definition) is 2. The van der Waals surface area contributed by atoms with E-state index in [1.54, 1.807) is 33.2 Å². The minimum Gasteiger partial charge on any atom is -0.300 e. The molecule has 0 radical (unpaired) electrons. The van der Waals surface area contributed by atoms with E-state index in [1.165, 1.54) is 24.3 Å². The molecule has 0 saturated carbocycles. The van der Waals surface area contributed by atoms with Gasteiger partial charge in [0.1, 0.15) is 0 Å². The number of aliphatic imine (C=N–C) groups is 2. The topological polar surface area (TPSA) is 24.7 Å². The van der Waals surface area contributed by atoms with Crippen LogP contribution in [0.4, 0.5) is 22.0 Å². The lowest BCUT2D eigenvalue weighted by Crippen LogP contribution is -2.17. The molecule has 1 aliphatic heterocycles. The fraction of sp³-hybridized carbons (Fsp3) is 0.257. The van der Waals surface area contributed by atoms with Gasteiger partial charge in [-0.05, 0) is 91.3 Å². The number of benzene rings is 3. The van der Waals surface area contributed by atoms with Crippen LogP contribution in [0.3, 0.4) is 0 Å². The molecule has 4 rings (SSSR count). The zero-order chi connectivity index (χ0) is 30.8. The summed E-state index contributed by atoms with van der Waals surface area (Å²) in [5, 5.41) is 0. The van der Waals surface area contributed by atoms with Crippen molar-refractivity contribution in [3.05, 3.63) is 117 Å². The molecule has 0 aliphatic carbocycles. The second-order valence-electron chi connectivity index (χ2n) is 10.7. The van der Waals surface area contributed by atoms with Crippen LogP contribution >= 0.6 is 0 Å². The summed E-state index contributed by atoms with van der Waals surface area (Å²) in [5.41, 5.74) is 4.39. The first kappa shape index (κ1) is 30.6. The molecule has 3 aromatic rings. The van der Waals surface area contributed by atoms with Gasteiger partial charge in [-0.25, -0.2) is 8.78 Å². The van der Waals surface area contributed by atoms with E-state index >= 15 is 0 Å². The van der Waals surface area contributed by atoms with E-state index in [0.717, 1.165) is 34.4 Å². The number of terminal acetylenes is 1. The molecule has 0 bridgehead atoms. The molecule has 0 saturated heterocycles. The fourth-order valence-corrected chi connectivity index (χ4v) is 5.51. The predicted molar refractivity (Wildman–Crippen MR) is 160 cm³/mol. The Hall–Kier alpha value is -4.31. The molecule has 3 aromatic carbocycles. The van der Waals surface area contributed by atoms with Gasteiger partial charge < -0.3 is 0 Å². The maximum absolute atomic E-state index is 14.6. The van der Waals surface area contributed by atoms with Crippen LogP contribution in [0.15, 0.2) is 81.9 Å². The van der Waals surface area contributed by atoms with E-state index in [-0.39, 0.29) is 28.5 Å². The van der Waals surface area contributed by atoms with Gasteiger partial charge in [0.2, 0.25) is 0 Å². The zero-order valence-electron chi connectivity index (χ0n) is 24.1. The molecule has 0 N–H and O–H groups in total. The van der Waals surface area contributed by atoms with Crippen molar-refractivity contribution < 1.29 is 22.0 Å². The third-order valence-electron chi connectivity index (χ3n) is 7.32. The molecule has 1 aliphatic rings. The molecule has 0 fully saturated rings. The normalized spacial score (nSPS) is 17.3. The van der Waals surface area contributed by atoms with E-state index in [1.807, 2.05) is 32.1 Å². The van der Waals surface area contributed by atoms with E-state index in [0.29, 0.717) is 23.4 Å². The highest BCUT2D eigenvalue weighted by molar-refractivity contribution is 6.11. The maximum Gasteiger partial charge on any atom is 0.417 e. The Morgan fingerprint density at radius 2 is 1.71 bits per heavy atom. The molecule has 216 valence electrons. The van der Waals surface area contributed by atoms with Crippen molar-refractivity contribution in [2.45, 2.75) is 40.3 Å². The van der Waals surface area contributed by atoms with E-state index < -0.39 is 23.4 Å². The molecule has 0 spiro atoms. The maximum atomic E-state index is 14.6. The lowest BCUT2D eigenvalue weighted by atomic mass is 9.87. The summed E-state index contributed by atoms with van der Waals surface area (Å²) in [6, 6.07) is 11.8. The highest BCUT2D eigenvalue weighted by Gasteiger charge is 2.34. The van der Waals surface area contributed by atoms with Gasteiger partial charge in [0.05, 0.1) is 17.2 Å². The van der Waals surface area contributed by atoms with Gasteiger partial charge >= 0.3 is 6.18 Å². The number of aryl methyl sites for hydroxylation is 2. The van der Waals surface area contributed by atoms with Gasteiger partial charge in [-0.3, -0.25) is 9.98 Å². The van der Waals surface area contributed by atoms with Crippen LogP contribution in [0, 0.1) is 49.7 Å². The quantitative estimate of drug-likeness (QED) is 0.159. The van der Waals surface area contributed by atoms with Crippen molar-refractivity contribution in [2.24, 2.45) is 21.8 Å². The summed E-state index contributed by atoms with van der Waals surface area (Å²) in [6.45, 7) is 7.51. The Kier molecular flexibility index (Phi) is 8.96. The van der Waals surface area contributed by atoms with Gasteiger partial charge in [-0.1, -0.05) is 48.8 Å². The number of dihydropyridines is 1. The molecule has 2 unspecified atom stereocenters. The number of alkyl halides is 3. The second-order valence-corrected chi connectivity index (χ2v) is 10.7. The van der Waals surface area contributed by atoms with Crippen molar-refractivity contribution in [1.29, 1.82) is 0 Å². The molecular formula is C35H31F5N2. The summed E-state index contributed by atoms with van der Waals surface area (Å²) in [6.07, 6.45) is 6.87. The van der Waals surface area contributed by atoms with Crippen molar-refractivity contribution in [1.82, 2.24) is 0 Å². The first-order valence-electron chi connectivity index (χ1n) is 13.5. The lowest BCUT2D eigenvalue weighted by molar-refractivity contribution is -0.137. The Balaban J connectivity index is 1.69. The van der Waals surface area contributed by atoms with Gasteiger partial charge in [0, 0.05) is 30.1 Å².